The lowest BCUT2D eigenvalue weighted by Gasteiger charge is -2.38. The first-order chi connectivity index (χ1) is 6.14. The van der Waals surface area contributed by atoms with Gasteiger partial charge in [0.1, 0.15) is 0 Å². The van der Waals surface area contributed by atoms with E-state index in [9.17, 15) is 10.2 Å². The lowest BCUT2D eigenvalue weighted by atomic mass is 10.1. The van der Waals surface area contributed by atoms with Crippen LogP contribution >= 0.6 is 95.6 Å². The maximum atomic E-state index is 10.0. The van der Waals surface area contributed by atoms with Crippen LogP contribution in [-0.2, 0) is 0 Å². The van der Waals surface area contributed by atoms with Gasteiger partial charge >= 0.3 is 0 Å². The third kappa shape index (κ3) is 2.02. The van der Waals surface area contributed by atoms with Gasteiger partial charge in [-0.25, -0.2) is 0 Å². The van der Waals surface area contributed by atoms with Crippen molar-refractivity contribution < 1.29 is 10.2 Å². The first kappa shape index (κ1) is 14.3. The number of aliphatic hydroxyl groups is 2. The quantitative estimate of drug-likeness (QED) is 0.420. The van der Waals surface area contributed by atoms with E-state index in [0.29, 0.717) is 17.9 Å². The molecule has 2 unspecified atom stereocenters. The number of rotatable bonds is 0. The predicted octanol–water partition coefficient (Wildman–Crippen LogP) is 4.17. The van der Waals surface area contributed by atoms with Gasteiger partial charge in [-0.15, -0.1) is 0 Å². The van der Waals surface area contributed by atoms with E-state index in [-0.39, 0.29) is 0 Å². The fourth-order valence-electron chi connectivity index (χ4n) is 0.774. The summed E-state index contributed by atoms with van der Waals surface area (Å²) in [7, 11) is 0. The molecule has 2 N–H and O–H groups in total. The molecule has 1 aliphatic rings. The van der Waals surface area contributed by atoms with Crippen molar-refractivity contribution in [3.8, 4) is 0 Å². The molecule has 0 aliphatic heterocycles. The van der Waals surface area contributed by atoms with E-state index >= 15 is 0 Å². The van der Waals surface area contributed by atoms with Crippen molar-refractivity contribution in [2.75, 3.05) is 0 Å². The van der Waals surface area contributed by atoms with Gasteiger partial charge < -0.3 is 10.2 Å². The Balaban J connectivity index is 3.48. The number of alkyl halides is 2. The van der Waals surface area contributed by atoms with Gasteiger partial charge in [0.25, 0.3) is 0 Å². The minimum absolute atomic E-state index is 0.374. The maximum absolute atomic E-state index is 10.0. The zero-order chi connectivity index (χ0) is 11.3. The highest BCUT2D eigenvalue weighted by molar-refractivity contribution is 9.18. The molecule has 80 valence electrons. The summed E-state index contributed by atoms with van der Waals surface area (Å²) < 4.78 is -1.33. The van der Waals surface area contributed by atoms with Crippen LogP contribution in [0.4, 0.5) is 0 Å². The van der Waals surface area contributed by atoms with Crippen molar-refractivity contribution in [1.29, 1.82) is 0 Å². The van der Waals surface area contributed by atoms with Gasteiger partial charge in [-0.3, -0.25) is 0 Å². The highest BCUT2D eigenvalue weighted by atomic mass is 79.9. The van der Waals surface area contributed by atoms with Crippen LogP contribution in [-0.4, -0.2) is 19.2 Å². The molecule has 1 rings (SSSR count). The second-order valence-electron chi connectivity index (χ2n) is 2.50. The normalized spacial score (nSPS) is 39.4. The van der Waals surface area contributed by atoms with E-state index in [1.165, 1.54) is 0 Å². The molecule has 14 heavy (non-hydrogen) atoms. The fourth-order valence-corrected chi connectivity index (χ4v) is 5.10. The van der Waals surface area contributed by atoms with Crippen molar-refractivity contribution in [2.45, 2.75) is 9.02 Å². The summed E-state index contributed by atoms with van der Waals surface area (Å²) in [6, 6.07) is 0. The molecule has 0 saturated carbocycles. The van der Waals surface area contributed by atoms with Crippen molar-refractivity contribution in [1.82, 2.24) is 0 Å². The average Bonchev–Trinajstić information content (AvgIpc) is 2.10. The second kappa shape index (κ2) is 4.51. The molecule has 0 spiro atoms. The molecule has 2 atom stereocenters. The Labute approximate surface area is 131 Å². The summed E-state index contributed by atoms with van der Waals surface area (Å²) in [6.07, 6.45) is 0. The Morgan fingerprint density at radius 2 is 0.929 bits per heavy atom. The SMILES string of the molecule is OC1(Br)C(Br)=C(Br)C(Br)=C(Br)C1(O)Br. The molecule has 0 aromatic heterocycles. The lowest BCUT2D eigenvalue weighted by molar-refractivity contribution is 0.0352. The minimum atomic E-state index is -1.64. The van der Waals surface area contributed by atoms with Gasteiger partial charge in [0, 0.05) is 8.96 Å². The molecule has 0 saturated heterocycles. The summed E-state index contributed by atoms with van der Waals surface area (Å²) in [6.45, 7) is 0. The molecule has 0 fully saturated rings. The molecule has 0 heterocycles. The van der Waals surface area contributed by atoms with E-state index in [1.54, 1.807) is 0 Å². The van der Waals surface area contributed by atoms with Crippen molar-refractivity contribution in [3.05, 3.63) is 17.9 Å². The molecule has 1 aliphatic carbocycles. The predicted molar refractivity (Wildman–Crippen MR) is 77.5 cm³/mol. The Bertz CT molecular complexity index is 308. The molecule has 0 bridgehead atoms. The van der Waals surface area contributed by atoms with Crippen LogP contribution in [0.2, 0.25) is 0 Å². The molecular weight excluding hydrogens is 583 g/mol. The Morgan fingerprint density at radius 1 is 0.714 bits per heavy atom. The van der Waals surface area contributed by atoms with Gasteiger partial charge in [0.15, 0.2) is 9.02 Å². The fraction of sp³-hybridized carbons (Fsp3) is 0.333. The number of hydrogen-bond donors (Lipinski definition) is 2. The largest absolute Gasteiger partial charge is 0.371 e. The molecule has 0 radical (unpaired) electrons. The Kier molecular flexibility index (Phi) is 4.62. The number of hydrogen-bond acceptors (Lipinski definition) is 2. The van der Waals surface area contributed by atoms with Crippen LogP contribution in [0.15, 0.2) is 17.9 Å². The van der Waals surface area contributed by atoms with Crippen LogP contribution in [0.1, 0.15) is 0 Å². The van der Waals surface area contributed by atoms with Crippen molar-refractivity contribution in [2.24, 2.45) is 0 Å². The smallest absolute Gasteiger partial charge is 0.196 e. The average molecular weight is 586 g/mol. The summed E-state index contributed by atoms with van der Waals surface area (Å²) in [5, 5.41) is 20.1. The highest BCUT2D eigenvalue weighted by Crippen LogP contribution is 2.57. The van der Waals surface area contributed by atoms with Crippen LogP contribution < -0.4 is 0 Å². The van der Waals surface area contributed by atoms with E-state index in [0.717, 1.165) is 0 Å². The van der Waals surface area contributed by atoms with E-state index < -0.39 is 9.02 Å². The van der Waals surface area contributed by atoms with E-state index in [2.05, 4.69) is 95.6 Å². The van der Waals surface area contributed by atoms with Crippen LogP contribution in [0.5, 0.6) is 0 Å². The molecule has 0 aromatic rings. The first-order valence-electron chi connectivity index (χ1n) is 3.08. The van der Waals surface area contributed by atoms with Gasteiger partial charge in [0.2, 0.25) is 0 Å². The maximum Gasteiger partial charge on any atom is 0.196 e. The molecule has 2 nitrogen and oxygen atoms in total. The first-order valence-corrected chi connectivity index (χ1v) is 7.84. The Morgan fingerprint density at radius 3 is 1.14 bits per heavy atom. The zero-order valence-electron chi connectivity index (χ0n) is 6.16. The molecular formula is C6H2Br6O2. The van der Waals surface area contributed by atoms with Crippen LogP contribution in [0.3, 0.4) is 0 Å². The molecule has 8 heteroatoms. The van der Waals surface area contributed by atoms with Crippen LogP contribution in [0.25, 0.3) is 0 Å². The standard InChI is InChI=1S/C6H2Br6O2/c7-1-2(8)4(10)6(12,14)5(11,13)3(1)9/h13-14H. The molecule has 0 amide bonds. The van der Waals surface area contributed by atoms with Gasteiger partial charge in [-0.05, 0) is 63.7 Å². The third-order valence-electron chi connectivity index (χ3n) is 1.60. The van der Waals surface area contributed by atoms with Crippen LogP contribution in [0, 0.1) is 0 Å². The summed E-state index contributed by atoms with van der Waals surface area (Å²) >= 11 is 18.9. The lowest BCUT2D eigenvalue weighted by Crippen LogP contribution is -2.47. The number of halogens is 6. The van der Waals surface area contributed by atoms with E-state index in [4.69, 9.17) is 0 Å². The van der Waals surface area contributed by atoms with E-state index in [1.807, 2.05) is 0 Å². The topological polar surface area (TPSA) is 40.5 Å². The second-order valence-corrected chi connectivity index (χ2v) is 7.97. The monoisotopic (exact) mass is 580 g/mol. The molecule has 0 aromatic carbocycles. The Hall–Kier alpha value is 2.28. The van der Waals surface area contributed by atoms with Crippen molar-refractivity contribution in [3.63, 3.8) is 0 Å². The summed E-state index contributed by atoms with van der Waals surface area (Å²) in [5.74, 6) is 0. The van der Waals surface area contributed by atoms with Gasteiger partial charge in [0.05, 0.1) is 8.96 Å². The van der Waals surface area contributed by atoms with Gasteiger partial charge in [-0.2, -0.15) is 0 Å². The minimum Gasteiger partial charge on any atom is -0.371 e. The number of allylic oxidation sites excluding steroid dienone is 2. The van der Waals surface area contributed by atoms with Gasteiger partial charge in [-0.1, -0.05) is 31.9 Å². The third-order valence-corrected chi connectivity index (χ3v) is 10.3. The van der Waals surface area contributed by atoms with Crippen molar-refractivity contribution >= 4 is 95.6 Å². The summed E-state index contributed by atoms with van der Waals surface area (Å²) in [4.78, 5) is 0. The highest BCUT2D eigenvalue weighted by Gasteiger charge is 2.54. The zero-order valence-corrected chi connectivity index (χ0v) is 15.7. The summed E-state index contributed by atoms with van der Waals surface area (Å²) in [5.41, 5.74) is 0.